The van der Waals surface area contributed by atoms with Crippen LogP contribution in [0.2, 0.25) is 0 Å². The predicted molar refractivity (Wildman–Crippen MR) is 106 cm³/mol. The highest BCUT2D eigenvalue weighted by atomic mass is 16.5. The normalized spacial score (nSPS) is 48.0. The maximum Gasteiger partial charge on any atom is 0.115 e. The molecule has 6 rings (SSSR count). The maximum atomic E-state index is 9.89. The molecule has 3 nitrogen and oxygen atoms in total. The van der Waals surface area contributed by atoms with Crippen molar-refractivity contribution >= 4 is 0 Å². The van der Waals surface area contributed by atoms with E-state index >= 15 is 0 Å². The van der Waals surface area contributed by atoms with E-state index in [0.717, 1.165) is 18.3 Å². The molecule has 1 spiro atoms. The van der Waals surface area contributed by atoms with Crippen LogP contribution < -0.4 is 5.32 Å². The first-order chi connectivity index (χ1) is 13.1. The number of aromatic hydroxyl groups is 1. The summed E-state index contributed by atoms with van der Waals surface area (Å²) in [5, 5.41) is 13.7. The van der Waals surface area contributed by atoms with E-state index in [1.54, 1.807) is 0 Å². The lowest BCUT2D eigenvalue weighted by Crippen LogP contribution is -2.51. The molecule has 0 aromatic heterocycles. The van der Waals surface area contributed by atoms with Crippen LogP contribution in [-0.4, -0.2) is 29.4 Å². The molecule has 7 atom stereocenters. The molecule has 1 unspecified atom stereocenters. The Morgan fingerprint density at radius 1 is 1.15 bits per heavy atom. The van der Waals surface area contributed by atoms with Gasteiger partial charge >= 0.3 is 0 Å². The summed E-state index contributed by atoms with van der Waals surface area (Å²) in [5.41, 5.74) is 3.42. The van der Waals surface area contributed by atoms with Crippen molar-refractivity contribution in [1.82, 2.24) is 5.32 Å². The number of aryl methyl sites for hydroxylation is 1. The van der Waals surface area contributed by atoms with Gasteiger partial charge in [-0.2, -0.15) is 0 Å². The second-order valence-electron chi connectivity index (χ2n) is 10.4. The topological polar surface area (TPSA) is 41.5 Å². The van der Waals surface area contributed by atoms with Gasteiger partial charge in [0.15, 0.2) is 0 Å². The summed E-state index contributed by atoms with van der Waals surface area (Å²) in [6.07, 6.45) is 11.9. The number of piperidine rings is 1. The molecular formula is C24H33NO2. The number of fused-ring (bicyclic) bond motifs is 7. The van der Waals surface area contributed by atoms with Gasteiger partial charge in [-0.1, -0.05) is 13.0 Å². The fourth-order valence-electron chi connectivity index (χ4n) is 8.15. The molecule has 2 heterocycles. The quantitative estimate of drug-likeness (QED) is 0.708. The number of phenolic OH excluding ortho intramolecular Hbond substituents is 1. The minimum Gasteiger partial charge on any atom is -0.508 e. The summed E-state index contributed by atoms with van der Waals surface area (Å²) < 4.78 is 6.96. The Morgan fingerprint density at radius 3 is 2.96 bits per heavy atom. The van der Waals surface area contributed by atoms with E-state index in [0.29, 0.717) is 29.2 Å². The third-order valence-electron chi connectivity index (χ3n) is 9.45. The summed E-state index contributed by atoms with van der Waals surface area (Å²) >= 11 is 0. The molecule has 4 fully saturated rings. The lowest BCUT2D eigenvalue weighted by atomic mass is 9.53. The predicted octanol–water partition coefficient (Wildman–Crippen LogP) is 4.53. The number of nitrogens with one attached hydrogen (secondary N) is 1. The minimum absolute atomic E-state index is 0.130. The highest BCUT2D eigenvalue weighted by molar-refractivity contribution is 5.40. The Balaban J connectivity index is 1.32. The summed E-state index contributed by atoms with van der Waals surface area (Å²) in [6.45, 7) is 3.76. The lowest BCUT2D eigenvalue weighted by molar-refractivity contribution is -0.139. The maximum absolute atomic E-state index is 9.89. The van der Waals surface area contributed by atoms with Crippen LogP contribution in [0.15, 0.2) is 18.2 Å². The Morgan fingerprint density at radius 2 is 2.07 bits per heavy atom. The van der Waals surface area contributed by atoms with Gasteiger partial charge in [0, 0.05) is 6.04 Å². The molecule has 3 aliphatic carbocycles. The van der Waals surface area contributed by atoms with Crippen LogP contribution in [0.3, 0.4) is 0 Å². The molecule has 0 bridgehead atoms. The van der Waals surface area contributed by atoms with Crippen LogP contribution in [0.5, 0.6) is 5.75 Å². The molecule has 2 N–H and O–H groups in total. The van der Waals surface area contributed by atoms with Gasteiger partial charge in [0.05, 0.1) is 11.7 Å². The average Bonchev–Trinajstić information content (AvgIpc) is 3.19. The highest BCUT2D eigenvalue weighted by Crippen LogP contribution is 2.68. The molecule has 0 radical (unpaired) electrons. The fourth-order valence-corrected chi connectivity index (χ4v) is 8.15. The minimum atomic E-state index is 0.130. The molecule has 2 aliphatic heterocycles. The zero-order valence-electron chi connectivity index (χ0n) is 16.5. The number of hydrogen-bond donors (Lipinski definition) is 2. The van der Waals surface area contributed by atoms with Crippen molar-refractivity contribution in [3.8, 4) is 5.75 Å². The van der Waals surface area contributed by atoms with Crippen LogP contribution >= 0.6 is 0 Å². The standard InChI is InChI=1S/C24H33NO2/c1-23-10-8-18-17-7-5-16(26)13-15(17)4-6-19(18)20(23)9-11-24(23)14-21-22(27-24)3-2-12-25-21/h5,7,13,18-22,25-26H,2-4,6,8-12,14H2,1H3/t18-,19-,20+,21+,22?,23+,24-/m1/s1. The van der Waals surface area contributed by atoms with Crippen LogP contribution in [0.1, 0.15) is 75.3 Å². The van der Waals surface area contributed by atoms with Crippen LogP contribution in [0.4, 0.5) is 0 Å². The summed E-state index contributed by atoms with van der Waals surface area (Å²) in [7, 11) is 0. The van der Waals surface area contributed by atoms with Gasteiger partial charge in [0.2, 0.25) is 0 Å². The first-order valence-electron chi connectivity index (χ1n) is 11.3. The van der Waals surface area contributed by atoms with E-state index in [2.05, 4.69) is 18.3 Å². The van der Waals surface area contributed by atoms with Gasteiger partial charge in [-0.25, -0.2) is 0 Å². The molecule has 0 amide bonds. The van der Waals surface area contributed by atoms with Crippen LogP contribution in [-0.2, 0) is 11.2 Å². The molecule has 1 aromatic rings. The smallest absolute Gasteiger partial charge is 0.115 e. The van der Waals surface area contributed by atoms with Crippen molar-refractivity contribution in [3.63, 3.8) is 0 Å². The van der Waals surface area contributed by atoms with E-state index in [-0.39, 0.29) is 5.60 Å². The average molecular weight is 368 g/mol. The number of hydrogen-bond acceptors (Lipinski definition) is 3. The zero-order chi connectivity index (χ0) is 18.2. The third kappa shape index (κ3) is 2.22. The van der Waals surface area contributed by atoms with Crippen LogP contribution in [0, 0.1) is 17.3 Å². The Hall–Kier alpha value is -1.06. The number of phenols is 1. The van der Waals surface area contributed by atoms with Crippen molar-refractivity contribution in [2.24, 2.45) is 17.3 Å². The number of ether oxygens (including phenoxy) is 1. The Bertz CT molecular complexity index is 747. The van der Waals surface area contributed by atoms with E-state index in [4.69, 9.17) is 4.74 Å². The van der Waals surface area contributed by atoms with E-state index < -0.39 is 0 Å². The van der Waals surface area contributed by atoms with Crippen molar-refractivity contribution in [2.75, 3.05) is 6.54 Å². The van der Waals surface area contributed by atoms with Crippen molar-refractivity contribution in [2.45, 2.75) is 88.4 Å². The van der Waals surface area contributed by atoms with Gasteiger partial charge < -0.3 is 15.2 Å². The molecule has 3 heteroatoms. The molecule has 146 valence electrons. The van der Waals surface area contributed by atoms with E-state index in [1.165, 1.54) is 69.0 Å². The zero-order valence-corrected chi connectivity index (χ0v) is 16.5. The molecule has 27 heavy (non-hydrogen) atoms. The van der Waals surface area contributed by atoms with Crippen molar-refractivity contribution in [1.29, 1.82) is 0 Å². The first-order valence-corrected chi connectivity index (χ1v) is 11.3. The van der Waals surface area contributed by atoms with Gasteiger partial charge in [-0.05, 0) is 111 Å². The fraction of sp³-hybridized carbons (Fsp3) is 0.750. The van der Waals surface area contributed by atoms with Crippen molar-refractivity contribution < 1.29 is 9.84 Å². The van der Waals surface area contributed by atoms with Gasteiger partial charge in [-0.15, -0.1) is 0 Å². The Labute approximate surface area is 162 Å². The number of rotatable bonds is 0. The molecular weight excluding hydrogens is 334 g/mol. The van der Waals surface area contributed by atoms with E-state index in [9.17, 15) is 5.11 Å². The summed E-state index contributed by atoms with van der Waals surface area (Å²) in [5.74, 6) is 2.74. The molecule has 5 aliphatic rings. The highest BCUT2D eigenvalue weighted by Gasteiger charge is 2.66. The summed E-state index contributed by atoms with van der Waals surface area (Å²) in [4.78, 5) is 0. The lowest BCUT2D eigenvalue weighted by Gasteiger charge is -2.53. The van der Waals surface area contributed by atoms with Crippen molar-refractivity contribution in [3.05, 3.63) is 29.3 Å². The van der Waals surface area contributed by atoms with Gasteiger partial charge in [-0.3, -0.25) is 0 Å². The second kappa shape index (κ2) is 5.73. The van der Waals surface area contributed by atoms with E-state index in [1.807, 2.05) is 12.1 Å². The largest absolute Gasteiger partial charge is 0.508 e. The number of benzene rings is 1. The molecule has 2 saturated heterocycles. The first kappa shape index (κ1) is 16.9. The van der Waals surface area contributed by atoms with Crippen LogP contribution in [0.25, 0.3) is 0 Å². The Kier molecular flexibility index (Phi) is 3.58. The van der Waals surface area contributed by atoms with Gasteiger partial charge in [0.1, 0.15) is 5.75 Å². The SMILES string of the molecule is C[C@]12CC[C@@H]3c4ccc(O)cc4CC[C@H]3[C@@H]1CC[C@@]21C[C@@H]2NCCCC2O1. The second-order valence-corrected chi connectivity index (χ2v) is 10.4. The summed E-state index contributed by atoms with van der Waals surface area (Å²) in [6, 6.07) is 6.74. The molecule has 2 saturated carbocycles. The monoisotopic (exact) mass is 367 g/mol. The third-order valence-corrected chi connectivity index (χ3v) is 9.45. The van der Waals surface area contributed by atoms with Gasteiger partial charge in [0.25, 0.3) is 0 Å². The molecule has 1 aromatic carbocycles.